The van der Waals surface area contributed by atoms with Gasteiger partial charge in [0.15, 0.2) is 0 Å². The molecule has 0 unspecified atom stereocenters. The number of nitrogens with zero attached hydrogens (tertiary/aromatic N) is 2. The third kappa shape index (κ3) is 2.70. The summed E-state index contributed by atoms with van der Waals surface area (Å²) in [7, 11) is 1.90. The van der Waals surface area contributed by atoms with Gasteiger partial charge in [-0.2, -0.15) is 0 Å². The second kappa shape index (κ2) is 4.57. The van der Waals surface area contributed by atoms with Crippen LogP contribution in [0.3, 0.4) is 0 Å². The van der Waals surface area contributed by atoms with Crippen molar-refractivity contribution in [3.05, 3.63) is 24.0 Å². The van der Waals surface area contributed by atoms with Gasteiger partial charge in [-0.15, -0.1) is 0 Å². The number of aryl methyl sites for hydroxylation is 1. The van der Waals surface area contributed by atoms with Crippen LogP contribution in [0.15, 0.2) is 18.2 Å². The van der Waals surface area contributed by atoms with E-state index in [0.29, 0.717) is 6.54 Å². The van der Waals surface area contributed by atoms with Crippen molar-refractivity contribution in [3.63, 3.8) is 0 Å². The molecule has 0 atom stereocenters. The first kappa shape index (κ1) is 13.4. The molecule has 0 aliphatic heterocycles. The van der Waals surface area contributed by atoms with E-state index in [1.54, 1.807) is 13.8 Å². The summed E-state index contributed by atoms with van der Waals surface area (Å²) < 4.78 is 0. The van der Waals surface area contributed by atoms with Crippen molar-refractivity contribution in [1.29, 1.82) is 0 Å². The van der Waals surface area contributed by atoms with Crippen LogP contribution >= 0.6 is 0 Å². The van der Waals surface area contributed by atoms with Crippen LogP contribution < -0.4 is 4.90 Å². The van der Waals surface area contributed by atoms with Gasteiger partial charge in [0, 0.05) is 19.3 Å². The molecular formula is C14H19N3O2. The summed E-state index contributed by atoms with van der Waals surface area (Å²) in [5, 5.41) is 9.17. The Morgan fingerprint density at radius 3 is 2.79 bits per heavy atom. The second-order valence-electron chi connectivity index (χ2n) is 5.57. The van der Waals surface area contributed by atoms with Gasteiger partial charge in [-0.25, -0.2) is 4.98 Å². The third-order valence-corrected chi connectivity index (χ3v) is 3.24. The summed E-state index contributed by atoms with van der Waals surface area (Å²) in [4.78, 5) is 20.6. The Morgan fingerprint density at radius 2 is 2.16 bits per heavy atom. The molecule has 0 spiro atoms. The molecule has 0 bridgehead atoms. The zero-order valence-corrected chi connectivity index (χ0v) is 11.7. The summed E-state index contributed by atoms with van der Waals surface area (Å²) in [6.07, 6.45) is 0. The highest BCUT2D eigenvalue weighted by atomic mass is 16.4. The lowest BCUT2D eigenvalue weighted by Gasteiger charge is -2.28. The lowest BCUT2D eigenvalue weighted by atomic mass is 9.93. The monoisotopic (exact) mass is 261 g/mol. The number of aromatic nitrogens is 2. The van der Waals surface area contributed by atoms with Crippen LogP contribution in [0.2, 0.25) is 0 Å². The average Bonchev–Trinajstić information content (AvgIpc) is 2.66. The van der Waals surface area contributed by atoms with Crippen molar-refractivity contribution in [3.8, 4) is 0 Å². The van der Waals surface area contributed by atoms with Gasteiger partial charge in [0.1, 0.15) is 5.82 Å². The molecule has 102 valence electrons. The maximum atomic E-state index is 11.2. The molecule has 2 rings (SSSR count). The number of carbonyl (C=O) groups is 1. The van der Waals surface area contributed by atoms with Gasteiger partial charge in [0.2, 0.25) is 0 Å². The fraction of sp³-hybridized carbons (Fsp3) is 0.429. The molecule has 2 aromatic rings. The Labute approximate surface area is 112 Å². The predicted octanol–water partition coefficient (Wildman–Crippen LogP) is 2.42. The number of H-pyrrole nitrogens is 1. The Kier molecular flexibility index (Phi) is 3.22. The Hall–Kier alpha value is -2.04. The summed E-state index contributed by atoms with van der Waals surface area (Å²) in [6, 6.07) is 5.90. The fourth-order valence-corrected chi connectivity index (χ4v) is 2.11. The molecule has 1 aromatic heterocycles. The van der Waals surface area contributed by atoms with E-state index < -0.39 is 11.4 Å². The van der Waals surface area contributed by atoms with Crippen molar-refractivity contribution in [2.24, 2.45) is 5.41 Å². The molecule has 1 heterocycles. The van der Waals surface area contributed by atoms with Crippen LogP contribution in [0.4, 0.5) is 5.69 Å². The van der Waals surface area contributed by atoms with Crippen molar-refractivity contribution < 1.29 is 9.90 Å². The van der Waals surface area contributed by atoms with E-state index >= 15 is 0 Å². The van der Waals surface area contributed by atoms with Crippen molar-refractivity contribution in [2.75, 3.05) is 18.5 Å². The molecular weight excluding hydrogens is 242 g/mol. The molecule has 19 heavy (non-hydrogen) atoms. The number of benzene rings is 1. The number of aliphatic carboxylic acids is 1. The highest BCUT2D eigenvalue weighted by Gasteiger charge is 2.28. The van der Waals surface area contributed by atoms with Crippen LogP contribution in [0.1, 0.15) is 19.7 Å². The number of anilines is 1. The number of carboxylic acids is 1. The molecule has 0 aliphatic carbocycles. The minimum Gasteiger partial charge on any atom is -0.481 e. The van der Waals surface area contributed by atoms with Crippen LogP contribution in [0.25, 0.3) is 11.0 Å². The number of hydrogen-bond acceptors (Lipinski definition) is 3. The maximum Gasteiger partial charge on any atom is 0.310 e. The third-order valence-electron chi connectivity index (χ3n) is 3.24. The standard InChI is InChI=1S/C14H19N3O2/c1-9-15-11-6-5-10(7-12(11)16-9)17(4)8-14(2,3)13(18)19/h5-7H,8H2,1-4H3,(H,15,16)(H,18,19). The predicted molar refractivity (Wildman–Crippen MR) is 75.5 cm³/mol. The highest BCUT2D eigenvalue weighted by Crippen LogP contribution is 2.24. The number of rotatable bonds is 4. The molecule has 2 N–H and O–H groups in total. The highest BCUT2D eigenvalue weighted by molar-refractivity contribution is 5.80. The number of carboxylic acid groups (broad SMARTS) is 1. The fourth-order valence-electron chi connectivity index (χ4n) is 2.11. The summed E-state index contributed by atoms with van der Waals surface area (Å²) in [5.74, 6) is 0.0819. The Morgan fingerprint density at radius 1 is 1.47 bits per heavy atom. The van der Waals surface area contributed by atoms with E-state index in [-0.39, 0.29) is 0 Å². The van der Waals surface area contributed by atoms with Crippen LogP contribution in [-0.4, -0.2) is 34.6 Å². The number of nitrogens with one attached hydrogen (secondary N) is 1. The van der Waals surface area contributed by atoms with Gasteiger partial charge in [-0.1, -0.05) is 0 Å². The number of imidazole rings is 1. The first-order valence-electron chi connectivity index (χ1n) is 6.20. The van der Waals surface area contributed by atoms with E-state index in [9.17, 15) is 4.79 Å². The Bertz CT molecular complexity index is 616. The number of hydrogen-bond donors (Lipinski definition) is 2. The van der Waals surface area contributed by atoms with E-state index in [1.807, 2.05) is 37.1 Å². The largest absolute Gasteiger partial charge is 0.481 e. The van der Waals surface area contributed by atoms with E-state index in [1.165, 1.54) is 0 Å². The quantitative estimate of drug-likeness (QED) is 0.886. The SMILES string of the molecule is Cc1nc2ccc(N(C)CC(C)(C)C(=O)O)cc2[nH]1. The normalized spacial score (nSPS) is 11.8. The number of fused-ring (bicyclic) bond motifs is 1. The molecule has 0 amide bonds. The van der Waals surface area contributed by atoms with Gasteiger partial charge < -0.3 is 15.0 Å². The van der Waals surface area contributed by atoms with Crippen molar-refractivity contribution >= 4 is 22.7 Å². The summed E-state index contributed by atoms with van der Waals surface area (Å²) >= 11 is 0. The minimum atomic E-state index is -0.794. The molecule has 0 saturated carbocycles. The zero-order chi connectivity index (χ0) is 14.2. The van der Waals surface area contributed by atoms with Crippen LogP contribution in [0, 0.1) is 12.3 Å². The smallest absolute Gasteiger partial charge is 0.310 e. The van der Waals surface area contributed by atoms with Gasteiger partial charge in [0.25, 0.3) is 0 Å². The van der Waals surface area contributed by atoms with Gasteiger partial charge in [-0.05, 0) is 39.0 Å². The second-order valence-corrected chi connectivity index (χ2v) is 5.57. The molecule has 0 saturated heterocycles. The zero-order valence-electron chi connectivity index (χ0n) is 11.7. The average molecular weight is 261 g/mol. The van der Waals surface area contributed by atoms with E-state index in [2.05, 4.69) is 9.97 Å². The van der Waals surface area contributed by atoms with Crippen LogP contribution in [0.5, 0.6) is 0 Å². The Balaban J connectivity index is 2.26. The summed E-state index contributed by atoms with van der Waals surface area (Å²) in [6.45, 7) is 5.81. The van der Waals surface area contributed by atoms with Crippen LogP contribution in [-0.2, 0) is 4.79 Å². The lowest BCUT2D eigenvalue weighted by molar-refractivity contribution is -0.146. The van der Waals surface area contributed by atoms with Crippen molar-refractivity contribution in [2.45, 2.75) is 20.8 Å². The topological polar surface area (TPSA) is 69.2 Å². The lowest BCUT2D eigenvalue weighted by Crippen LogP contribution is -2.37. The number of aromatic amines is 1. The maximum absolute atomic E-state index is 11.2. The van der Waals surface area contributed by atoms with Crippen molar-refractivity contribution in [1.82, 2.24) is 9.97 Å². The molecule has 5 nitrogen and oxygen atoms in total. The van der Waals surface area contributed by atoms with E-state index in [4.69, 9.17) is 5.11 Å². The minimum absolute atomic E-state index is 0.445. The van der Waals surface area contributed by atoms with Gasteiger partial charge in [-0.3, -0.25) is 4.79 Å². The molecule has 1 aromatic carbocycles. The first-order valence-corrected chi connectivity index (χ1v) is 6.20. The first-order chi connectivity index (χ1) is 8.79. The van der Waals surface area contributed by atoms with Gasteiger partial charge in [0.05, 0.1) is 16.4 Å². The molecule has 0 fully saturated rings. The van der Waals surface area contributed by atoms with E-state index in [0.717, 1.165) is 22.5 Å². The summed E-state index contributed by atoms with van der Waals surface area (Å²) in [5.41, 5.74) is 2.08. The van der Waals surface area contributed by atoms with Gasteiger partial charge >= 0.3 is 5.97 Å². The molecule has 0 radical (unpaired) electrons. The molecule has 5 heteroatoms. The molecule has 0 aliphatic rings.